The van der Waals surface area contributed by atoms with E-state index in [2.05, 4.69) is 8.75 Å². The van der Waals surface area contributed by atoms with E-state index in [1.807, 2.05) is 0 Å². The number of anilines is 1. The molecule has 0 atom stereocenters. The van der Waals surface area contributed by atoms with Crippen molar-refractivity contribution in [1.82, 2.24) is 8.75 Å². The minimum Gasteiger partial charge on any atom is -0.396 e. The maximum absolute atomic E-state index is 5.79. The fourth-order valence-corrected chi connectivity index (χ4v) is 1.78. The first-order chi connectivity index (χ1) is 5.70. The first-order valence-corrected chi connectivity index (χ1v) is 4.54. The molecule has 1 aromatic carbocycles. The van der Waals surface area contributed by atoms with Crippen molar-refractivity contribution in [2.24, 2.45) is 0 Å². The molecule has 1 heterocycles. The SMILES string of the molecule is Nc1c(Cl)c(Cl)cc2nsnc12. The quantitative estimate of drug-likeness (QED) is 0.694. The van der Waals surface area contributed by atoms with Crippen LogP contribution in [0.25, 0.3) is 11.0 Å². The Balaban J connectivity index is 2.94. The van der Waals surface area contributed by atoms with E-state index in [4.69, 9.17) is 28.9 Å². The Morgan fingerprint density at radius 1 is 1.33 bits per heavy atom. The fourth-order valence-electron chi connectivity index (χ4n) is 0.893. The normalized spacial score (nSPS) is 10.8. The van der Waals surface area contributed by atoms with E-state index < -0.39 is 0 Å². The van der Waals surface area contributed by atoms with E-state index >= 15 is 0 Å². The summed E-state index contributed by atoms with van der Waals surface area (Å²) in [5, 5.41) is 0.756. The molecule has 0 radical (unpaired) electrons. The number of hydrogen-bond donors (Lipinski definition) is 1. The molecule has 6 heteroatoms. The number of hydrogen-bond acceptors (Lipinski definition) is 4. The summed E-state index contributed by atoms with van der Waals surface area (Å²) in [6.45, 7) is 0. The molecule has 0 aliphatic rings. The Kier molecular flexibility index (Phi) is 1.83. The second kappa shape index (κ2) is 2.73. The number of nitrogens with zero attached hydrogens (tertiary/aromatic N) is 2. The van der Waals surface area contributed by atoms with Crippen molar-refractivity contribution in [3.8, 4) is 0 Å². The molecule has 2 aromatic rings. The van der Waals surface area contributed by atoms with Gasteiger partial charge in [-0.05, 0) is 6.07 Å². The molecule has 0 aliphatic heterocycles. The Hall–Kier alpha value is -0.580. The van der Waals surface area contributed by atoms with Crippen molar-refractivity contribution in [2.75, 3.05) is 5.73 Å². The number of nitrogen functional groups attached to an aromatic ring is 1. The maximum atomic E-state index is 5.79. The topological polar surface area (TPSA) is 51.8 Å². The van der Waals surface area contributed by atoms with E-state index in [-0.39, 0.29) is 0 Å². The summed E-state index contributed by atoms with van der Waals surface area (Å²) in [6, 6.07) is 1.65. The summed E-state index contributed by atoms with van der Waals surface area (Å²) in [5.41, 5.74) is 7.35. The summed E-state index contributed by atoms with van der Waals surface area (Å²) >= 11 is 12.7. The second-order valence-corrected chi connectivity index (χ2v) is 3.53. The molecule has 2 N–H and O–H groups in total. The van der Waals surface area contributed by atoms with Crippen LogP contribution in [0.4, 0.5) is 5.69 Å². The molecular formula is C6H3Cl2N3S. The van der Waals surface area contributed by atoms with E-state index in [0.717, 1.165) is 11.7 Å². The number of rotatable bonds is 0. The summed E-state index contributed by atoms with van der Waals surface area (Å²) in [6.07, 6.45) is 0. The predicted molar refractivity (Wildman–Crippen MR) is 51.8 cm³/mol. The van der Waals surface area contributed by atoms with Gasteiger partial charge in [0.05, 0.1) is 27.5 Å². The van der Waals surface area contributed by atoms with Crippen LogP contribution in [-0.4, -0.2) is 8.75 Å². The molecule has 0 bridgehead atoms. The lowest BCUT2D eigenvalue weighted by molar-refractivity contribution is 1.63. The summed E-state index contributed by atoms with van der Waals surface area (Å²) in [7, 11) is 0. The van der Waals surface area contributed by atoms with Crippen molar-refractivity contribution in [3.05, 3.63) is 16.1 Å². The molecule has 0 unspecified atom stereocenters. The smallest absolute Gasteiger partial charge is 0.129 e. The van der Waals surface area contributed by atoms with Crippen molar-refractivity contribution >= 4 is 51.7 Å². The largest absolute Gasteiger partial charge is 0.396 e. The Morgan fingerprint density at radius 3 is 2.83 bits per heavy atom. The monoisotopic (exact) mass is 219 g/mol. The van der Waals surface area contributed by atoms with Gasteiger partial charge in [0.2, 0.25) is 0 Å². The van der Waals surface area contributed by atoms with Gasteiger partial charge in [-0.2, -0.15) is 8.75 Å². The highest BCUT2D eigenvalue weighted by Gasteiger charge is 2.10. The maximum Gasteiger partial charge on any atom is 0.129 e. The number of fused-ring (bicyclic) bond motifs is 1. The van der Waals surface area contributed by atoms with E-state index in [1.54, 1.807) is 6.07 Å². The van der Waals surface area contributed by atoms with Gasteiger partial charge in [0, 0.05) is 0 Å². The van der Waals surface area contributed by atoms with Crippen LogP contribution < -0.4 is 5.73 Å². The van der Waals surface area contributed by atoms with Gasteiger partial charge in [0.25, 0.3) is 0 Å². The minimum absolute atomic E-state index is 0.344. The van der Waals surface area contributed by atoms with Crippen LogP contribution in [-0.2, 0) is 0 Å². The van der Waals surface area contributed by atoms with Crippen LogP contribution in [0.2, 0.25) is 10.0 Å². The van der Waals surface area contributed by atoms with Gasteiger partial charge in [-0.25, -0.2) is 0 Å². The van der Waals surface area contributed by atoms with E-state index in [0.29, 0.717) is 26.8 Å². The van der Waals surface area contributed by atoms with Crippen molar-refractivity contribution in [3.63, 3.8) is 0 Å². The molecule has 2 rings (SSSR count). The zero-order valence-electron chi connectivity index (χ0n) is 5.71. The van der Waals surface area contributed by atoms with Crippen LogP contribution >= 0.6 is 34.9 Å². The number of halogens is 2. The van der Waals surface area contributed by atoms with Crippen LogP contribution in [0.3, 0.4) is 0 Å². The van der Waals surface area contributed by atoms with Crippen LogP contribution in [0.5, 0.6) is 0 Å². The van der Waals surface area contributed by atoms with Gasteiger partial charge < -0.3 is 5.73 Å². The highest BCUT2D eigenvalue weighted by atomic mass is 35.5. The van der Waals surface area contributed by atoms with Gasteiger partial charge in [-0.1, -0.05) is 23.2 Å². The van der Waals surface area contributed by atoms with Gasteiger partial charge in [-0.15, -0.1) is 0 Å². The average molecular weight is 220 g/mol. The first-order valence-electron chi connectivity index (χ1n) is 3.06. The van der Waals surface area contributed by atoms with Gasteiger partial charge in [-0.3, -0.25) is 0 Å². The molecule has 12 heavy (non-hydrogen) atoms. The van der Waals surface area contributed by atoms with Crippen LogP contribution in [0, 0.1) is 0 Å². The van der Waals surface area contributed by atoms with Crippen LogP contribution in [0.15, 0.2) is 6.07 Å². The zero-order chi connectivity index (χ0) is 8.72. The average Bonchev–Trinajstić information content (AvgIpc) is 2.48. The van der Waals surface area contributed by atoms with Crippen molar-refractivity contribution in [2.45, 2.75) is 0 Å². The van der Waals surface area contributed by atoms with Gasteiger partial charge in [0.1, 0.15) is 11.0 Å². The van der Waals surface area contributed by atoms with Gasteiger partial charge >= 0.3 is 0 Å². The van der Waals surface area contributed by atoms with E-state index in [9.17, 15) is 0 Å². The standard InChI is InChI=1S/C6H3Cl2N3S/c7-2-1-3-6(11-12-10-3)5(9)4(2)8/h1H,9H2. The Labute approximate surface area is 82.4 Å². The molecule has 0 spiro atoms. The summed E-state index contributed by atoms with van der Waals surface area (Å²) in [4.78, 5) is 0. The Morgan fingerprint density at radius 2 is 2.08 bits per heavy atom. The molecule has 3 nitrogen and oxygen atoms in total. The lowest BCUT2D eigenvalue weighted by Crippen LogP contribution is -1.88. The predicted octanol–water partition coefficient (Wildman–Crippen LogP) is 2.58. The molecule has 62 valence electrons. The molecule has 0 saturated carbocycles. The molecular weight excluding hydrogens is 217 g/mol. The van der Waals surface area contributed by atoms with Crippen molar-refractivity contribution in [1.29, 1.82) is 0 Å². The number of nitrogens with two attached hydrogens (primary N) is 1. The molecule has 0 aliphatic carbocycles. The van der Waals surface area contributed by atoms with Crippen molar-refractivity contribution < 1.29 is 0 Å². The third-order valence-corrected chi connectivity index (χ3v) is 2.82. The summed E-state index contributed by atoms with van der Waals surface area (Å²) < 4.78 is 7.97. The lowest BCUT2D eigenvalue weighted by atomic mass is 10.3. The Bertz CT molecular complexity index is 440. The highest BCUT2D eigenvalue weighted by Crippen LogP contribution is 2.33. The number of aromatic nitrogens is 2. The molecule has 1 aromatic heterocycles. The molecule has 0 saturated heterocycles. The summed E-state index contributed by atoms with van der Waals surface area (Å²) in [5.74, 6) is 0. The highest BCUT2D eigenvalue weighted by molar-refractivity contribution is 7.00. The zero-order valence-corrected chi connectivity index (χ0v) is 8.04. The molecule has 0 amide bonds. The second-order valence-electron chi connectivity index (χ2n) is 2.22. The third kappa shape index (κ3) is 1.03. The van der Waals surface area contributed by atoms with E-state index in [1.165, 1.54) is 0 Å². The third-order valence-electron chi connectivity index (χ3n) is 1.48. The first kappa shape index (κ1) is 8.04. The fraction of sp³-hybridized carbons (Fsp3) is 0. The molecule has 0 fully saturated rings. The number of benzene rings is 1. The van der Waals surface area contributed by atoms with Gasteiger partial charge in [0.15, 0.2) is 0 Å². The lowest BCUT2D eigenvalue weighted by Gasteiger charge is -1.99. The minimum atomic E-state index is 0.344. The van der Waals surface area contributed by atoms with Crippen LogP contribution in [0.1, 0.15) is 0 Å².